The molecule has 0 saturated heterocycles. The first kappa shape index (κ1) is 18.6. The third-order valence-electron chi connectivity index (χ3n) is 4.29. The molecule has 7 heteroatoms. The molecule has 1 aliphatic heterocycles. The minimum atomic E-state index is -0.237. The van der Waals surface area contributed by atoms with E-state index in [1.807, 2.05) is 54.6 Å². The Labute approximate surface area is 171 Å². The monoisotopic (exact) mass is 400 g/mol. The van der Waals surface area contributed by atoms with Gasteiger partial charge in [0.1, 0.15) is 6.07 Å². The lowest BCUT2D eigenvalue weighted by molar-refractivity contribution is 0.240. The van der Waals surface area contributed by atoms with Gasteiger partial charge in [-0.1, -0.05) is 53.7 Å². The Hall–Kier alpha value is -3.76. The molecule has 4 rings (SSSR count). The maximum absolute atomic E-state index is 12.2. The number of hydrogen-bond acceptors (Lipinski definition) is 6. The number of amidine groups is 1. The average Bonchev–Trinajstić information content (AvgIpc) is 3.19. The molecular weight excluding hydrogens is 384 g/mol. The van der Waals surface area contributed by atoms with E-state index in [1.54, 1.807) is 0 Å². The summed E-state index contributed by atoms with van der Waals surface area (Å²) in [6.45, 7) is 3.67. The highest BCUT2D eigenvalue weighted by Gasteiger charge is 2.15. The second kappa shape index (κ2) is 8.09. The molecule has 0 unspecified atom stereocenters. The number of nitriles is 1. The number of pyridine rings is 1. The summed E-state index contributed by atoms with van der Waals surface area (Å²) in [4.78, 5) is 20.0. The van der Waals surface area contributed by atoms with E-state index in [2.05, 4.69) is 28.1 Å². The summed E-state index contributed by atoms with van der Waals surface area (Å²) in [6, 6.07) is 20.9. The van der Waals surface area contributed by atoms with Crippen LogP contribution >= 0.6 is 11.8 Å². The van der Waals surface area contributed by atoms with Gasteiger partial charge in [-0.05, 0) is 23.8 Å². The van der Waals surface area contributed by atoms with E-state index < -0.39 is 0 Å². The number of benzene rings is 2. The number of oxime groups is 1. The third-order valence-corrected chi connectivity index (χ3v) is 5.37. The fraction of sp³-hybridized carbons (Fsp3) is 0.0455. The van der Waals surface area contributed by atoms with Gasteiger partial charge in [-0.25, -0.2) is 0 Å². The fourth-order valence-electron chi connectivity index (χ4n) is 2.97. The zero-order valence-electron chi connectivity index (χ0n) is 15.3. The van der Waals surface area contributed by atoms with E-state index in [9.17, 15) is 10.1 Å². The lowest BCUT2D eigenvalue weighted by atomic mass is 10.0. The number of nitrogens with one attached hydrogen (secondary N) is 2. The maximum atomic E-state index is 12.2. The number of aromatic nitrogens is 1. The Bertz CT molecular complexity index is 1210. The van der Waals surface area contributed by atoms with Crippen LogP contribution in [-0.4, -0.2) is 10.8 Å². The van der Waals surface area contributed by atoms with Gasteiger partial charge in [-0.15, -0.1) is 11.8 Å². The lowest BCUT2D eigenvalue weighted by Crippen LogP contribution is -2.17. The van der Waals surface area contributed by atoms with Gasteiger partial charge in [0.05, 0.1) is 10.6 Å². The van der Waals surface area contributed by atoms with Crippen LogP contribution in [0.5, 0.6) is 0 Å². The van der Waals surface area contributed by atoms with Gasteiger partial charge in [0.25, 0.3) is 0 Å². The molecule has 2 heterocycles. The van der Waals surface area contributed by atoms with Crippen LogP contribution in [0.1, 0.15) is 16.7 Å². The molecule has 0 amide bonds. The molecule has 142 valence electrons. The summed E-state index contributed by atoms with van der Waals surface area (Å²) >= 11 is 1.41. The summed E-state index contributed by atoms with van der Waals surface area (Å²) in [5.74, 6) is 1.55. The second-order valence-corrected chi connectivity index (χ2v) is 7.28. The van der Waals surface area contributed by atoms with Crippen molar-refractivity contribution in [2.45, 2.75) is 10.8 Å². The van der Waals surface area contributed by atoms with Crippen LogP contribution in [0.2, 0.25) is 0 Å². The molecule has 0 fully saturated rings. The highest BCUT2D eigenvalue weighted by atomic mass is 32.2. The maximum Gasteiger partial charge on any atom is 0.249 e. The van der Waals surface area contributed by atoms with Crippen LogP contribution in [0.4, 0.5) is 0 Å². The Balaban J connectivity index is 1.61. The van der Waals surface area contributed by atoms with Gasteiger partial charge in [0, 0.05) is 22.9 Å². The van der Waals surface area contributed by atoms with Crippen LogP contribution in [0.15, 0.2) is 88.1 Å². The van der Waals surface area contributed by atoms with Crippen LogP contribution < -0.4 is 10.9 Å². The van der Waals surface area contributed by atoms with E-state index in [-0.39, 0.29) is 5.56 Å². The third kappa shape index (κ3) is 4.08. The number of nitrogens with zero attached hydrogens (tertiary/aromatic N) is 2. The predicted molar refractivity (Wildman–Crippen MR) is 113 cm³/mol. The Kier molecular flexibility index (Phi) is 5.18. The minimum absolute atomic E-state index is 0.237. The van der Waals surface area contributed by atoms with Crippen molar-refractivity contribution in [1.82, 2.24) is 10.3 Å². The summed E-state index contributed by atoms with van der Waals surface area (Å²) in [5, 5.41) is 17.2. The first-order valence-corrected chi connectivity index (χ1v) is 9.78. The van der Waals surface area contributed by atoms with Crippen LogP contribution in [-0.2, 0) is 10.6 Å². The van der Waals surface area contributed by atoms with Crippen molar-refractivity contribution in [3.63, 3.8) is 0 Å². The first-order valence-electron chi connectivity index (χ1n) is 8.80. The summed E-state index contributed by atoms with van der Waals surface area (Å²) in [7, 11) is 0. The molecular formula is C22H16N4O2S. The van der Waals surface area contributed by atoms with Gasteiger partial charge in [0.2, 0.25) is 11.4 Å². The highest BCUT2D eigenvalue weighted by Crippen LogP contribution is 2.30. The number of rotatable bonds is 5. The Morgan fingerprint density at radius 1 is 1.10 bits per heavy atom. The fourth-order valence-corrected chi connectivity index (χ4v) is 3.93. The topological polar surface area (TPSA) is 90.3 Å². The Morgan fingerprint density at radius 2 is 1.90 bits per heavy atom. The quantitative estimate of drug-likeness (QED) is 0.633. The molecule has 0 atom stereocenters. The standard InChI is InChI=1S/C22H16N4O2S/c1-14-24-21(26-28-14)17-9-5-6-15(10-17)13-29-22-19(12-23)18(11-20(27)25-22)16-7-3-2-4-8-16/h2-11H,1,13H2,(H,24,26)(H,25,27). The van der Waals surface area contributed by atoms with Crippen molar-refractivity contribution in [2.75, 3.05) is 0 Å². The molecule has 1 aliphatic rings. The first-order chi connectivity index (χ1) is 14.1. The second-order valence-electron chi connectivity index (χ2n) is 6.30. The molecule has 0 saturated carbocycles. The van der Waals surface area contributed by atoms with E-state index in [1.165, 1.54) is 17.8 Å². The molecule has 1 aromatic heterocycles. The van der Waals surface area contributed by atoms with E-state index in [4.69, 9.17) is 4.84 Å². The summed E-state index contributed by atoms with van der Waals surface area (Å²) in [6.07, 6.45) is 0. The SMILES string of the molecule is C=C1NC(c2cccc(CSc3[nH]c(=O)cc(-c4ccccc4)c3C#N)c2)=NO1. The summed E-state index contributed by atoms with van der Waals surface area (Å²) in [5.41, 5.74) is 3.58. The van der Waals surface area contributed by atoms with Gasteiger partial charge in [-0.3, -0.25) is 4.79 Å². The molecule has 6 nitrogen and oxygen atoms in total. The molecule has 0 aliphatic carbocycles. The van der Waals surface area contributed by atoms with Crippen LogP contribution in [0, 0.1) is 11.3 Å². The van der Waals surface area contributed by atoms with Gasteiger partial charge in [-0.2, -0.15) is 5.26 Å². The molecule has 0 radical (unpaired) electrons. The number of thioether (sulfide) groups is 1. The molecule has 2 N–H and O–H groups in total. The number of aromatic amines is 1. The van der Waals surface area contributed by atoms with Crippen molar-refractivity contribution < 1.29 is 4.84 Å². The zero-order valence-corrected chi connectivity index (χ0v) is 16.1. The predicted octanol–water partition coefficient (Wildman–Crippen LogP) is 3.96. The van der Waals surface area contributed by atoms with Crippen molar-refractivity contribution in [3.05, 3.63) is 100 Å². The van der Waals surface area contributed by atoms with Gasteiger partial charge < -0.3 is 15.1 Å². The average molecular weight is 400 g/mol. The molecule has 0 bridgehead atoms. The van der Waals surface area contributed by atoms with Gasteiger partial charge >= 0.3 is 0 Å². The van der Waals surface area contributed by atoms with Crippen molar-refractivity contribution >= 4 is 17.6 Å². The molecule has 29 heavy (non-hydrogen) atoms. The van der Waals surface area contributed by atoms with Crippen molar-refractivity contribution in [3.8, 4) is 17.2 Å². The Morgan fingerprint density at radius 3 is 2.62 bits per heavy atom. The molecule has 2 aromatic carbocycles. The molecule has 3 aromatic rings. The van der Waals surface area contributed by atoms with E-state index in [0.717, 1.165) is 16.7 Å². The van der Waals surface area contributed by atoms with Crippen molar-refractivity contribution in [1.29, 1.82) is 5.26 Å². The van der Waals surface area contributed by atoms with Crippen LogP contribution in [0.3, 0.4) is 0 Å². The van der Waals surface area contributed by atoms with Crippen molar-refractivity contribution in [2.24, 2.45) is 5.16 Å². The largest absolute Gasteiger partial charge is 0.337 e. The van der Waals surface area contributed by atoms with Crippen LogP contribution in [0.25, 0.3) is 11.1 Å². The normalized spacial score (nSPS) is 12.7. The molecule has 0 spiro atoms. The van der Waals surface area contributed by atoms with Gasteiger partial charge in [0.15, 0.2) is 5.84 Å². The van der Waals surface area contributed by atoms with E-state index >= 15 is 0 Å². The number of H-pyrrole nitrogens is 1. The highest BCUT2D eigenvalue weighted by molar-refractivity contribution is 7.98. The lowest BCUT2D eigenvalue weighted by Gasteiger charge is -2.10. The smallest absolute Gasteiger partial charge is 0.249 e. The zero-order chi connectivity index (χ0) is 20.2. The summed E-state index contributed by atoms with van der Waals surface area (Å²) < 4.78 is 0. The number of hydrogen-bond donors (Lipinski definition) is 2. The van der Waals surface area contributed by atoms with E-state index in [0.29, 0.717) is 33.6 Å². The minimum Gasteiger partial charge on any atom is -0.337 e.